The fourth-order valence-corrected chi connectivity index (χ4v) is 1.80. The van der Waals surface area contributed by atoms with E-state index in [1.165, 1.54) is 0 Å². The van der Waals surface area contributed by atoms with Crippen molar-refractivity contribution >= 4 is 5.78 Å². The van der Waals surface area contributed by atoms with E-state index in [1.807, 2.05) is 0 Å². The number of halogens is 3. The minimum absolute atomic E-state index is 0.165. The van der Waals surface area contributed by atoms with E-state index in [0.29, 0.717) is 25.0 Å². The number of aromatic amines is 1. The van der Waals surface area contributed by atoms with Gasteiger partial charge in [0.1, 0.15) is 0 Å². The Kier molecular flexibility index (Phi) is 2.28. The van der Waals surface area contributed by atoms with E-state index in [2.05, 4.69) is 10.2 Å². The summed E-state index contributed by atoms with van der Waals surface area (Å²) >= 11 is 0. The molecule has 0 atom stereocenters. The van der Waals surface area contributed by atoms with Gasteiger partial charge in [0, 0.05) is 12.1 Å². The molecule has 1 N–H and O–H groups in total. The standard InChI is InChI=1S/C9H9F3N2O/c10-9(11,12)4-6-8-5(13-14-6)2-1-3-7(8)15/h1-4H2,(H,13,14). The molecule has 0 radical (unpaired) electrons. The Hall–Kier alpha value is -1.33. The smallest absolute Gasteiger partial charge is 0.294 e. The van der Waals surface area contributed by atoms with Gasteiger partial charge in [0.25, 0.3) is 0 Å². The maximum absolute atomic E-state index is 12.2. The summed E-state index contributed by atoms with van der Waals surface area (Å²) in [7, 11) is 0. The third-order valence-corrected chi connectivity index (χ3v) is 2.39. The highest BCUT2D eigenvalue weighted by molar-refractivity contribution is 5.99. The lowest BCUT2D eigenvalue weighted by Gasteiger charge is -2.10. The number of aryl methyl sites for hydroxylation is 1. The second-order valence-electron chi connectivity index (χ2n) is 3.59. The van der Waals surface area contributed by atoms with Crippen LogP contribution in [0.15, 0.2) is 0 Å². The van der Waals surface area contributed by atoms with Crippen molar-refractivity contribution in [1.82, 2.24) is 10.2 Å². The number of carbonyl (C=O) groups excluding carboxylic acids is 1. The number of aromatic nitrogens is 2. The fourth-order valence-electron chi connectivity index (χ4n) is 1.80. The predicted molar refractivity (Wildman–Crippen MR) is 45.6 cm³/mol. The van der Waals surface area contributed by atoms with Crippen molar-refractivity contribution in [2.45, 2.75) is 31.9 Å². The summed E-state index contributed by atoms with van der Waals surface area (Å²) in [6.45, 7) is 0. The van der Waals surface area contributed by atoms with E-state index in [1.54, 1.807) is 0 Å². The zero-order chi connectivity index (χ0) is 11.1. The number of Topliss-reactive ketones (excluding diaryl/α,β-unsaturated/α-hetero) is 1. The van der Waals surface area contributed by atoms with Crippen LogP contribution in [-0.4, -0.2) is 22.2 Å². The molecular weight excluding hydrogens is 209 g/mol. The van der Waals surface area contributed by atoms with Gasteiger partial charge >= 0.3 is 6.18 Å². The molecule has 1 aromatic heterocycles. The van der Waals surface area contributed by atoms with Gasteiger partial charge < -0.3 is 0 Å². The number of alkyl halides is 3. The van der Waals surface area contributed by atoms with E-state index >= 15 is 0 Å². The van der Waals surface area contributed by atoms with Gasteiger partial charge in [-0.3, -0.25) is 9.89 Å². The van der Waals surface area contributed by atoms with Crippen LogP contribution in [0.4, 0.5) is 13.2 Å². The first-order chi connectivity index (χ1) is 6.97. The average molecular weight is 218 g/mol. The van der Waals surface area contributed by atoms with Crippen LogP contribution in [-0.2, 0) is 12.8 Å². The fraction of sp³-hybridized carbons (Fsp3) is 0.556. The number of nitrogens with one attached hydrogen (secondary N) is 1. The van der Waals surface area contributed by atoms with Crippen molar-refractivity contribution in [3.05, 3.63) is 17.0 Å². The van der Waals surface area contributed by atoms with Crippen molar-refractivity contribution in [2.75, 3.05) is 0 Å². The van der Waals surface area contributed by atoms with Crippen LogP contribution in [0.5, 0.6) is 0 Å². The predicted octanol–water partition coefficient (Wildman–Crippen LogP) is 2.03. The molecule has 0 aliphatic heterocycles. The van der Waals surface area contributed by atoms with Crippen LogP contribution in [0.1, 0.15) is 34.6 Å². The Balaban J connectivity index is 2.34. The zero-order valence-corrected chi connectivity index (χ0v) is 7.82. The van der Waals surface area contributed by atoms with Crippen molar-refractivity contribution < 1.29 is 18.0 Å². The summed E-state index contributed by atoms with van der Waals surface area (Å²) in [5.74, 6) is -0.232. The molecular formula is C9H9F3N2O. The Morgan fingerprint density at radius 2 is 2.07 bits per heavy atom. The third-order valence-electron chi connectivity index (χ3n) is 2.39. The molecule has 0 spiro atoms. The summed E-state index contributed by atoms with van der Waals surface area (Å²) in [6, 6.07) is 0. The molecule has 1 aromatic rings. The second-order valence-corrected chi connectivity index (χ2v) is 3.59. The van der Waals surface area contributed by atoms with Crippen molar-refractivity contribution in [3.8, 4) is 0 Å². The van der Waals surface area contributed by atoms with Crippen LogP contribution < -0.4 is 0 Å². The van der Waals surface area contributed by atoms with Gasteiger partial charge in [0.15, 0.2) is 5.78 Å². The molecule has 15 heavy (non-hydrogen) atoms. The molecule has 1 aliphatic carbocycles. The monoisotopic (exact) mass is 218 g/mol. The second kappa shape index (κ2) is 3.36. The van der Waals surface area contributed by atoms with Gasteiger partial charge in [-0.2, -0.15) is 18.3 Å². The quantitative estimate of drug-likeness (QED) is 0.783. The van der Waals surface area contributed by atoms with E-state index in [4.69, 9.17) is 0 Å². The summed E-state index contributed by atoms with van der Waals surface area (Å²) in [6.07, 6.45) is -3.85. The number of fused-ring (bicyclic) bond motifs is 1. The van der Waals surface area contributed by atoms with Gasteiger partial charge in [0.2, 0.25) is 0 Å². The minimum atomic E-state index is -4.32. The SMILES string of the molecule is O=C1CCCc2[nH]nc(CC(F)(F)F)c21. The molecule has 0 saturated carbocycles. The zero-order valence-electron chi connectivity index (χ0n) is 7.82. The molecule has 0 fully saturated rings. The number of carbonyl (C=O) groups is 1. The first-order valence-electron chi connectivity index (χ1n) is 4.63. The van der Waals surface area contributed by atoms with Crippen LogP contribution in [0.2, 0.25) is 0 Å². The first-order valence-corrected chi connectivity index (χ1v) is 4.63. The largest absolute Gasteiger partial charge is 0.394 e. The highest BCUT2D eigenvalue weighted by atomic mass is 19.4. The number of hydrogen-bond donors (Lipinski definition) is 1. The molecule has 82 valence electrons. The lowest BCUT2D eigenvalue weighted by molar-refractivity contribution is -0.127. The Morgan fingerprint density at radius 3 is 2.73 bits per heavy atom. The molecule has 0 bridgehead atoms. The van der Waals surface area contributed by atoms with Crippen LogP contribution in [0.25, 0.3) is 0 Å². The van der Waals surface area contributed by atoms with Crippen LogP contribution >= 0.6 is 0 Å². The summed E-state index contributed by atoms with van der Waals surface area (Å²) < 4.78 is 36.5. The Bertz CT molecular complexity index is 395. The molecule has 0 amide bonds. The van der Waals surface area contributed by atoms with E-state index in [9.17, 15) is 18.0 Å². The van der Waals surface area contributed by atoms with Gasteiger partial charge in [0.05, 0.1) is 17.7 Å². The Labute approximate surface area is 83.7 Å². The molecule has 3 nitrogen and oxygen atoms in total. The number of nitrogens with zero attached hydrogens (tertiary/aromatic N) is 1. The van der Waals surface area contributed by atoms with Gasteiger partial charge in [-0.1, -0.05) is 0 Å². The molecule has 0 unspecified atom stereocenters. The van der Waals surface area contributed by atoms with E-state index < -0.39 is 12.6 Å². The first kappa shape index (κ1) is 10.2. The van der Waals surface area contributed by atoms with Gasteiger partial charge in [-0.15, -0.1) is 0 Å². The normalized spacial score (nSPS) is 16.6. The lowest BCUT2D eigenvalue weighted by atomic mass is 9.94. The minimum Gasteiger partial charge on any atom is -0.294 e. The van der Waals surface area contributed by atoms with Crippen LogP contribution in [0.3, 0.4) is 0 Å². The van der Waals surface area contributed by atoms with Gasteiger partial charge in [-0.05, 0) is 12.8 Å². The summed E-state index contributed by atoms with van der Waals surface area (Å²) in [5.41, 5.74) is 0.547. The highest BCUT2D eigenvalue weighted by Gasteiger charge is 2.33. The number of hydrogen-bond acceptors (Lipinski definition) is 2. The van der Waals surface area contributed by atoms with Gasteiger partial charge in [-0.25, -0.2) is 0 Å². The number of ketones is 1. The van der Waals surface area contributed by atoms with Crippen molar-refractivity contribution in [2.24, 2.45) is 0 Å². The number of H-pyrrole nitrogens is 1. The topological polar surface area (TPSA) is 45.8 Å². The number of rotatable bonds is 1. The lowest BCUT2D eigenvalue weighted by Crippen LogP contribution is -2.17. The molecule has 1 heterocycles. The van der Waals surface area contributed by atoms with E-state index in [-0.39, 0.29) is 17.0 Å². The average Bonchev–Trinajstić information content (AvgIpc) is 2.47. The third kappa shape index (κ3) is 2.03. The molecule has 1 aliphatic rings. The summed E-state index contributed by atoms with van der Waals surface area (Å²) in [4.78, 5) is 11.4. The Morgan fingerprint density at radius 1 is 1.33 bits per heavy atom. The van der Waals surface area contributed by atoms with E-state index in [0.717, 1.165) is 0 Å². The maximum atomic E-state index is 12.2. The van der Waals surface area contributed by atoms with Crippen molar-refractivity contribution in [3.63, 3.8) is 0 Å². The van der Waals surface area contributed by atoms with Crippen LogP contribution in [0, 0.1) is 0 Å². The molecule has 2 rings (SSSR count). The van der Waals surface area contributed by atoms with Crippen molar-refractivity contribution in [1.29, 1.82) is 0 Å². The maximum Gasteiger partial charge on any atom is 0.394 e. The molecule has 6 heteroatoms. The summed E-state index contributed by atoms with van der Waals surface area (Å²) in [5, 5.41) is 6.08. The highest BCUT2D eigenvalue weighted by Crippen LogP contribution is 2.27. The molecule has 0 saturated heterocycles. The molecule has 0 aromatic carbocycles.